The predicted molar refractivity (Wildman–Crippen MR) is 163 cm³/mol. The molecule has 0 fully saturated rings. The van der Waals surface area contributed by atoms with Gasteiger partial charge in [-0.25, -0.2) is 4.79 Å². The van der Waals surface area contributed by atoms with Crippen LogP contribution >= 0.6 is 0 Å². The van der Waals surface area contributed by atoms with Crippen molar-refractivity contribution in [1.29, 1.82) is 0 Å². The van der Waals surface area contributed by atoms with E-state index in [1.54, 1.807) is 58.2 Å². The number of nitrogens with two attached hydrogens (primary N) is 1. The first-order chi connectivity index (χ1) is 19.8. The summed E-state index contributed by atoms with van der Waals surface area (Å²) in [6, 6.07) is 12.2. The number of carbonyl (C=O) groups excluding carboxylic acids is 4. The average molecular weight is 583 g/mol. The summed E-state index contributed by atoms with van der Waals surface area (Å²) in [5.41, 5.74) is 6.68. The molecule has 4 amide bonds. The Morgan fingerprint density at radius 3 is 2.26 bits per heavy atom. The average Bonchev–Trinajstić information content (AvgIpc) is 2.91. The number of amides is 4. The van der Waals surface area contributed by atoms with Crippen molar-refractivity contribution >= 4 is 29.5 Å². The number of nitrogens with one attached hydrogen (secondary N) is 2. The van der Waals surface area contributed by atoms with Gasteiger partial charge in [-0.15, -0.1) is 0 Å². The number of methoxy groups -OCH3 is 1. The first-order valence-corrected chi connectivity index (χ1v) is 14.4. The molecule has 2 rings (SSSR count). The van der Waals surface area contributed by atoms with Crippen LogP contribution in [0.5, 0.6) is 5.75 Å². The summed E-state index contributed by atoms with van der Waals surface area (Å²) < 4.78 is 10.6. The maximum Gasteiger partial charge on any atom is 0.408 e. The van der Waals surface area contributed by atoms with Crippen LogP contribution in [0.3, 0.4) is 0 Å². The van der Waals surface area contributed by atoms with Gasteiger partial charge >= 0.3 is 6.09 Å². The minimum Gasteiger partial charge on any atom is -0.497 e. The van der Waals surface area contributed by atoms with E-state index in [4.69, 9.17) is 15.2 Å². The summed E-state index contributed by atoms with van der Waals surface area (Å²) >= 11 is 0. The van der Waals surface area contributed by atoms with E-state index in [1.807, 2.05) is 25.1 Å². The van der Waals surface area contributed by atoms with Crippen molar-refractivity contribution in [3.63, 3.8) is 0 Å². The van der Waals surface area contributed by atoms with E-state index in [0.29, 0.717) is 23.4 Å². The zero-order valence-electron chi connectivity index (χ0n) is 25.7. The van der Waals surface area contributed by atoms with Crippen LogP contribution in [0.2, 0.25) is 0 Å². The molecular weight excluding hydrogens is 536 g/mol. The molecule has 230 valence electrons. The third-order valence-electron chi connectivity index (χ3n) is 6.48. The maximum atomic E-state index is 14.3. The molecule has 0 aliphatic carbocycles. The molecule has 0 spiro atoms. The normalized spacial score (nSPS) is 12.5. The minimum absolute atomic E-state index is 0.0422. The number of anilines is 1. The molecule has 0 saturated heterocycles. The molecule has 2 atom stereocenters. The fourth-order valence-electron chi connectivity index (χ4n) is 4.47. The van der Waals surface area contributed by atoms with Crippen molar-refractivity contribution in [3.05, 3.63) is 59.7 Å². The molecule has 0 bridgehead atoms. The first-order valence-electron chi connectivity index (χ1n) is 14.4. The van der Waals surface area contributed by atoms with Crippen LogP contribution in [0.25, 0.3) is 0 Å². The summed E-state index contributed by atoms with van der Waals surface area (Å²) in [7, 11) is 1.56. The molecule has 0 heterocycles. The van der Waals surface area contributed by atoms with E-state index in [9.17, 15) is 19.2 Å². The van der Waals surface area contributed by atoms with Gasteiger partial charge in [-0.1, -0.05) is 56.0 Å². The number of rotatable bonds is 15. The Morgan fingerprint density at radius 2 is 1.69 bits per heavy atom. The van der Waals surface area contributed by atoms with Gasteiger partial charge < -0.3 is 30.7 Å². The molecule has 0 aliphatic rings. The highest BCUT2D eigenvalue weighted by Crippen LogP contribution is 2.27. The third kappa shape index (κ3) is 11.4. The summed E-state index contributed by atoms with van der Waals surface area (Å²) in [6.45, 7) is 9.40. The molecule has 0 aromatic heterocycles. The number of nitrogens with zero attached hydrogens (tertiary/aromatic N) is 1. The number of alkyl carbamates (subject to hydrolysis) is 1. The molecule has 10 heteroatoms. The summed E-state index contributed by atoms with van der Waals surface area (Å²) in [4.78, 5) is 54.2. The summed E-state index contributed by atoms with van der Waals surface area (Å²) in [5.74, 6) is -0.891. The van der Waals surface area contributed by atoms with Gasteiger partial charge in [-0.3, -0.25) is 14.4 Å². The minimum atomic E-state index is -1.14. The Morgan fingerprint density at radius 1 is 1.00 bits per heavy atom. The highest BCUT2D eigenvalue weighted by Gasteiger charge is 2.36. The van der Waals surface area contributed by atoms with E-state index in [2.05, 4.69) is 17.6 Å². The van der Waals surface area contributed by atoms with Gasteiger partial charge in [-0.05, 0) is 70.4 Å². The second-order valence-electron chi connectivity index (χ2n) is 11.3. The smallest absolute Gasteiger partial charge is 0.408 e. The van der Waals surface area contributed by atoms with E-state index in [1.165, 1.54) is 4.90 Å². The Hall–Kier alpha value is -4.08. The SMILES string of the molecule is CCCCCCN(C(=O)C(CCC(N)=O)NC(=O)OC(C)(C)C)C(C(=O)Nc1ccc(OC)cc1)c1cccc(C)c1. The van der Waals surface area contributed by atoms with Gasteiger partial charge in [0.15, 0.2) is 0 Å². The molecule has 10 nitrogen and oxygen atoms in total. The molecule has 42 heavy (non-hydrogen) atoms. The molecule has 2 unspecified atom stereocenters. The van der Waals surface area contributed by atoms with Crippen molar-refractivity contribution in [2.75, 3.05) is 19.0 Å². The molecular formula is C32H46N4O6. The number of ether oxygens (including phenoxy) is 2. The topological polar surface area (TPSA) is 140 Å². The predicted octanol–water partition coefficient (Wildman–Crippen LogP) is 5.25. The lowest BCUT2D eigenvalue weighted by Crippen LogP contribution is -2.52. The fourth-order valence-corrected chi connectivity index (χ4v) is 4.47. The zero-order valence-corrected chi connectivity index (χ0v) is 25.7. The van der Waals surface area contributed by atoms with Crippen LogP contribution in [0.1, 0.15) is 83.4 Å². The maximum absolute atomic E-state index is 14.3. The highest BCUT2D eigenvalue weighted by atomic mass is 16.6. The summed E-state index contributed by atoms with van der Waals surface area (Å²) in [6.07, 6.45) is 2.48. The van der Waals surface area contributed by atoms with Crippen LogP contribution < -0.4 is 21.1 Å². The first kappa shape index (κ1) is 34.1. The van der Waals surface area contributed by atoms with Gasteiger partial charge in [0.25, 0.3) is 5.91 Å². The molecule has 0 aliphatic heterocycles. The highest BCUT2D eigenvalue weighted by molar-refractivity contribution is 5.99. The van der Waals surface area contributed by atoms with Gasteiger partial charge in [-0.2, -0.15) is 0 Å². The van der Waals surface area contributed by atoms with E-state index < -0.39 is 41.5 Å². The zero-order chi connectivity index (χ0) is 31.3. The van der Waals surface area contributed by atoms with Crippen molar-refractivity contribution in [1.82, 2.24) is 10.2 Å². The van der Waals surface area contributed by atoms with E-state index in [0.717, 1.165) is 24.8 Å². The van der Waals surface area contributed by atoms with Crippen LogP contribution in [0, 0.1) is 6.92 Å². The van der Waals surface area contributed by atoms with Gasteiger partial charge in [0.05, 0.1) is 7.11 Å². The molecule has 2 aromatic carbocycles. The number of benzene rings is 2. The third-order valence-corrected chi connectivity index (χ3v) is 6.48. The number of unbranched alkanes of at least 4 members (excludes halogenated alkanes) is 3. The van der Waals surface area contributed by atoms with Crippen LogP contribution in [0.4, 0.5) is 10.5 Å². The Balaban J connectivity index is 2.54. The van der Waals surface area contributed by atoms with Crippen molar-refractivity contribution in [3.8, 4) is 5.75 Å². The second kappa shape index (κ2) is 16.4. The van der Waals surface area contributed by atoms with Crippen molar-refractivity contribution in [2.45, 2.75) is 90.8 Å². The second-order valence-corrected chi connectivity index (χ2v) is 11.3. The molecule has 0 saturated carbocycles. The van der Waals surface area contributed by atoms with Crippen molar-refractivity contribution in [2.24, 2.45) is 5.73 Å². The lowest BCUT2D eigenvalue weighted by Gasteiger charge is -2.34. The molecule has 0 radical (unpaired) electrons. The Bertz CT molecular complexity index is 1190. The van der Waals surface area contributed by atoms with Crippen LogP contribution in [-0.2, 0) is 19.1 Å². The molecule has 2 aromatic rings. The number of primary amides is 1. The number of hydrogen-bond donors (Lipinski definition) is 3. The Labute approximate surface area is 249 Å². The van der Waals surface area contributed by atoms with Gasteiger partial charge in [0, 0.05) is 18.7 Å². The number of aryl methyl sites for hydroxylation is 1. The lowest BCUT2D eigenvalue weighted by atomic mass is 9.99. The largest absolute Gasteiger partial charge is 0.497 e. The van der Waals surface area contributed by atoms with Gasteiger partial charge in [0.2, 0.25) is 11.8 Å². The quantitative estimate of drug-likeness (QED) is 0.245. The number of hydrogen-bond acceptors (Lipinski definition) is 6. The lowest BCUT2D eigenvalue weighted by molar-refractivity contribution is -0.141. The van der Waals surface area contributed by atoms with E-state index >= 15 is 0 Å². The van der Waals surface area contributed by atoms with Crippen LogP contribution in [-0.4, -0.2) is 54.0 Å². The van der Waals surface area contributed by atoms with Gasteiger partial charge in [0.1, 0.15) is 23.4 Å². The molecule has 4 N–H and O–H groups in total. The number of carbonyl (C=O) groups is 4. The Kier molecular flexibility index (Phi) is 13.3. The van der Waals surface area contributed by atoms with Crippen LogP contribution in [0.15, 0.2) is 48.5 Å². The summed E-state index contributed by atoms with van der Waals surface area (Å²) in [5, 5.41) is 5.56. The monoisotopic (exact) mass is 582 g/mol. The van der Waals surface area contributed by atoms with Crippen molar-refractivity contribution < 1.29 is 28.7 Å². The standard InChI is InChI=1S/C32H46N4O6/c1-7-8-9-10-20-36(30(39)26(18-19-27(33)37)35-31(40)42-32(3,4)5)28(23-13-11-12-22(2)21-23)29(38)34-24-14-16-25(41-6)17-15-24/h11-17,21,26,28H,7-10,18-20H2,1-6H3,(H2,33,37)(H,34,38)(H,35,40). The van der Waals surface area contributed by atoms with E-state index in [-0.39, 0.29) is 19.4 Å². The fraction of sp³-hybridized carbons (Fsp3) is 0.500.